The van der Waals surface area contributed by atoms with Crippen LogP contribution in [-0.2, 0) is 16.0 Å². The number of rotatable bonds is 7. The summed E-state index contributed by atoms with van der Waals surface area (Å²) in [5.74, 6) is 1.41. The second kappa shape index (κ2) is 12.5. The van der Waals surface area contributed by atoms with E-state index in [0.717, 1.165) is 70.7 Å². The summed E-state index contributed by atoms with van der Waals surface area (Å²) in [4.78, 5) is 11.6. The molecule has 0 aliphatic carbocycles. The van der Waals surface area contributed by atoms with E-state index in [2.05, 4.69) is 32.4 Å². The lowest BCUT2D eigenvalue weighted by atomic mass is 9.97. The van der Waals surface area contributed by atoms with Crippen LogP contribution in [0.2, 0.25) is 0 Å². The van der Waals surface area contributed by atoms with Gasteiger partial charge in [0.25, 0.3) is 0 Å². The zero-order valence-electron chi connectivity index (χ0n) is 16.1. The standard InChI is InChI=1S/C19H31N5O2.HI/c1-2-20-19(22-13-17-5-3-4-7-21-17)23-14-18(16-6-10-26-15-16)24-8-11-25-12-9-24;/h3-5,7,16,18H,2,6,8-15H2,1H3,(H2,20,22,23);1H. The van der Waals surface area contributed by atoms with Crippen molar-refractivity contribution in [3.05, 3.63) is 30.1 Å². The number of aromatic nitrogens is 1. The number of morpholine rings is 1. The van der Waals surface area contributed by atoms with E-state index in [1.807, 2.05) is 18.2 Å². The fourth-order valence-electron chi connectivity index (χ4n) is 3.55. The number of aliphatic imine (C=N–C) groups is 1. The molecular weight excluding hydrogens is 457 g/mol. The molecule has 3 heterocycles. The van der Waals surface area contributed by atoms with Gasteiger partial charge >= 0.3 is 0 Å². The van der Waals surface area contributed by atoms with Crippen LogP contribution in [0, 0.1) is 5.92 Å². The predicted molar refractivity (Wildman–Crippen MR) is 118 cm³/mol. The first-order valence-electron chi connectivity index (χ1n) is 9.68. The van der Waals surface area contributed by atoms with Crippen LogP contribution in [0.1, 0.15) is 19.0 Å². The van der Waals surface area contributed by atoms with Crippen molar-refractivity contribution in [2.75, 3.05) is 52.6 Å². The maximum absolute atomic E-state index is 5.65. The number of pyridine rings is 1. The van der Waals surface area contributed by atoms with Crippen molar-refractivity contribution in [2.45, 2.75) is 25.9 Å². The highest BCUT2D eigenvalue weighted by Crippen LogP contribution is 2.21. The van der Waals surface area contributed by atoms with Crippen LogP contribution in [0.4, 0.5) is 0 Å². The molecular formula is C19H32IN5O2. The molecule has 2 fully saturated rings. The Morgan fingerprint density at radius 3 is 2.78 bits per heavy atom. The molecule has 2 N–H and O–H groups in total. The van der Waals surface area contributed by atoms with Crippen molar-refractivity contribution >= 4 is 29.9 Å². The second-order valence-corrected chi connectivity index (χ2v) is 6.74. The predicted octanol–water partition coefficient (Wildman–Crippen LogP) is 1.49. The number of guanidine groups is 1. The van der Waals surface area contributed by atoms with Gasteiger partial charge in [-0.2, -0.15) is 0 Å². The molecule has 3 rings (SSSR count). The van der Waals surface area contributed by atoms with E-state index in [0.29, 0.717) is 18.5 Å². The van der Waals surface area contributed by atoms with Crippen molar-refractivity contribution < 1.29 is 9.47 Å². The van der Waals surface area contributed by atoms with Crippen molar-refractivity contribution in [3.8, 4) is 0 Å². The second-order valence-electron chi connectivity index (χ2n) is 6.74. The molecule has 2 atom stereocenters. The van der Waals surface area contributed by atoms with Gasteiger partial charge in [0.15, 0.2) is 5.96 Å². The number of nitrogens with zero attached hydrogens (tertiary/aromatic N) is 3. The first kappa shape index (κ1) is 22.3. The number of halogens is 1. The van der Waals surface area contributed by atoms with E-state index in [1.54, 1.807) is 6.20 Å². The minimum atomic E-state index is 0. The SMILES string of the molecule is CCNC(=NCc1ccccn1)NCC(C1CCOC1)N1CCOCC1.I. The summed E-state index contributed by atoms with van der Waals surface area (Å²) in [5, 5.41) is 6.88. The molecule has 2 saturated heterocycles. The van der Waals surface area contributed by atoms with E-state index < -0.39 is 0 Å². The number of ether oxygens (including phenoxy) is 2. The molecule has 0 bridgehead atoms. The Balaban J connectivity index is 0.00000261. The van der Waals surface area contributed by atoms with E-state index in [4.69, 9.17) is 9.47 Å². The maximum Gasteiger partial charge on any atom is 0.191 e. The molecule has 0 spiro atoms. The molecule has 1 aromatic rings. The third-order valence-corrected chi connectivity index (χ3v) is 4.97. The van der Waals surface area contributed by atoms with Gasteiger partial charge in [-0.25, -0.2) is 4.99 Å². The minimum Gasteiger partial charge on any atom is -0.381 e. The molecule has 7 nitrogen and oxygen atoms in total. The summed E-state index contributed by atoms with van der Waals surface area (Å²) < 4.78 is 11.2. The van der Waals surface area contributed by atoms with E-state index >= 15 is 0 Å². The van der Waals surface area contributed by atoms with Crippen LogP contribution >= 0.6 is 24.0 Å². The van der Waals surface area contributed by atoms with Gasteiger partial charge in [-0.3, -0.25) is 9.88 Å². The third kappa shape index (κ3) is 7.17. The molecule has 0 saturated carbocycles. The van der Waals surface area contributed by atoms with Gasteiger partial charge < -0.3 is 20.1 Å². The molecule has 0 radical (unpaired) electrons. The van der Waals surface area contributed by atoms with E-state index in [-0.39, 0.29) is 24.0 Å². The quantitative estimate of drug-likeness (QED) is 0.344. The minimum absolute atomic E-state index is 0. The normalized spacial score (nSPS) is 22.1. The van der Waals surface area contributed by atoms with Crippen LogP contribution in [0.25, 0.3) is 0 Å². The fourth-order valence-corrected chi connectivity index (χ4v) is 3.55. The van der Waals surface area contributed by atoms with Crippen LogP contribution in [0.5, 0.6) is 0 Å². The highest BCUT2D eigenvalue weighted by Gasteiger charge is 2.31. The Hall–Kier alpha value is -0.970. The van der Waals surface area contributed by atoms with Gasteiger partial charge in [0, 0.05) is 50.9 Å². The summed E-state index contributed by atoms with van der Waals surface area (Å²) in [6, 6.07) is 6.36. The Labute approximate surface area is 179 Å². The van der Waals surface area contributed by atoms with Gasteiger partial charge in [-0.15, -0.1) is 24.0 Å². The topological polar surface area (TPSA) is 71.0 Å². The Morgan fingerprint density at radius 1 is 1.26 bits per heavy atom. The molecule has 152 valence electrons. The van der Waals surface area contributed by atoms with Crippen LogP contribution < -0.4 is 10.6 Å². The number of hydrogen-bond acceptors (Lipinski definition) is 5. The van der Waals surface area contributed by atoms with Crippen molar-refractivity contribution in [3.63, 3.8) is 0 Å². The van der Waals surface area contributed by atoms with Gasteiger partial charge in [0.1, 0.15) is 0 Å². The third-order valence-electron chi connectivity index (χ3n) is 4.97. The van der Waals surface area contributed by atoms with Gasteiger partial charge in [-0.1, -0.05) is 6.07 Å². The smallest absolute Gasteiger partial charge is 0.191 e. The molecule has 0 aromatic carbocycles. The molecule has 0 amide bonds. The van der Waals surface area contributed by atoms with Crippen LogP contribution in [-0.4, -0.2) is 74.5 Å². The monoisotopic (exact) mass is 489 g/mol. The lowest BCUT2D eigenvalue weighted by Gasteiger charge is -2.37. The molecule has 1 aromatic heterocycles. The highest BCUT2D eigenvalue weighted by atomic mass is 127. The van der Waals surface area contributed by atoms with Crippen molar-refractivity contribution in [1.82, 2.24) is 20.5 Å². The van der Waals surface area contributed by atoms with Crippen LogP contribution in [0.3, 0.4) is 0 Å². The first-order chi connectivity index (χ1) is 12.9. The largest absolute Gasteiger partial charge is 0.381 e. The highest BCUT2D eigenvalue weighted by molar-refractivity contribution is 14.0. The average molecular weight is 489 g/mol. The molecule has 2 aliphatic rings. The number of hydrogen-bond donors (Lipinski definition) is 2. The lowest BCUT2D eigenvalue weighted by Crippen LogP contribution is -2.53. The summed E-state index contributed by atoms with van der Waals surface area (Å²) in [6.07, 6.45) is 2.94. The first-order valence-corrected chi connectivity index (χ1v) is 9.68. The maximum atomic E-state index is 5.65. The molecule has 2 unspecified atom stereocenters. The molecule has 27 heavy (non-hydrogen) atoms. The van der Waals surface area contributed by atoms with Crippen molar-refractivity contribution in [2.24, 2.45) is 10.9 Å². The average Bonchev–Trinajstić information content (AvgIpc) is 3.22. The van der Waals surface area contributed by atoms with E-state index in [9.17, 15) is 0 Å². The summed E-state index contributed by atoms with van der Waals surface area (Å²) in [5.41, 5.74) is 0.971. The zero-order valence-corrected chi connectivity index (χ0v) is 18.4. The van der Waals surface area contributed by atoms with E-state index in [1.165, 1.54) is 0 Å². The summed E-state index contributed by atoms with van der Waals surface area (Å²) >= 11 is 0. The van der Waals surface area contributed by atoms with Gasteiger partial charge in [0.2, 0.25) is 0 Å². The Kier molecular flexibility index (Phi) is 10.3. The number of nitrogens with one attached hydrogen (secondary N) is 2. The molecule has 8 heteroatoms. The van der Waals surface area contributed by atoms with Gasteiger partial charge in [0.05, 0.1) is 32.1 Å². The molecule has 2 aliphatic heterocycles. The van der Waals surface area contributed by atoms with Crippen molar-refractivity contribution in [1.29, 1.82) is 0 Å². The summed E-state index contributed by atoms with van der Waals surface area (Å²) in [7, 11) is 0. The summed E-state index contributed by atoms with van der Waals surface area (Å²) in [6.45, 7) is 9.70. The fraction of sp³-hybridized carbons (Fsp3) is 0.684. The Morgan fingerprint density at radius 2 is 2.11 bits per heavy atom. The lowest BCUT2D eigenvalue weighted by molar-refractivity contribution is 0.00246. The Bertz CT molecular complexity index is 548. The van der Waals surface area contributed by atoms with Crippen LogP contribution in [0.15, 0.2) is 29.4 Å². The van der Waals surface area contributed by atoms with Gasteiger partial charge in [-0.05, 0) is 25.5 Å². The zero-order chi connectivity index (χ0) is 18.0.